The smallest absolute Gasteiger partial charge is 0.368 e. The highest BCUT2D eigenvalue weighted by Gasteiger charge is 1.99. The molecule has 0 saturated carbocycles. The third-order valence-corrected chi connectivity index (χ3v) is 1.47. The van der Waals surface area contributed by atoms with Gasteiger partial charge in [0.25, 0.3) is 0 Å². The Labute approximate surface area is 77.4 Å². The molecule has 1 atom stereocenters. The van der Waals surface area contributed by atoms with Gasteiger partial charge in [0.15, 0.2) is 11.3 Å². The SMILES string of the molecule is CC(C#[N+]C#N)Nc1ccccc1. The van der Waals surface area contributed by atoms with Crippen LogP contribution in [0.5, 0.6) is 0 Å². The van der Waals surface area contributed by atoms with Gasteiger partial charge in [-0.25, -0.2) is 0 Å². The van der Waals surface area contributed by atoms with E-state index in [-0.39, 0.29) is 6.04 Å². The van der Waals surface area contributed by atoms with E-state index in [1.54, 1.807) is 6.19 Å². The molecule has 13 heavy (non-hydrogen) atoms. The molecule has 0 spiro atoms. The Morgan fingerprint density at radius 3 is 2.69 bits per heavy atom. The fourth-order valence-electron chi connectivity index (χ4n) is 0.942. The maximum absolute atomic E-state index is 8.17. The standard InChI is InChI=1S/C10H10N3/c1-9(7-12-8-11)13-10-5-3-2-4-6-10/h2-6,9,13H,1H3/q+1. The summed E-state index contributed by atoms with van der Waals surface area (Å²) in [5.41, 5.74) is 0.996. The summed E-state index contributed by atoms with van der Waals surface area (Å²) in [7, 11) is 0. The third-order valence-electron chi connectivity index (χ3n) is 1.47. The Hall–Kier alpha value is -2.00. The van der Waals surface area contributed by atoms with Crippen molar-refractivity contribution >= 4 is 5.69 Å². The molecule has 0 aliphatic heterocycles. The van der Waals surface area contributed by atoms with Crippen LogP contribution in [-0.4, -0.2) is 6.04 Å². The summed E-state index contributed by atoms with van der Waals surface area (Å²) in [4.78, 5) is 3.36. The van der Waals surface area contributed by atoms with E-state index in [1.807, 2.05) is 37.3 Å². The molecule has 0 heterocycles. The van der Waals surface area contributed by atoms with E-state index in [9.17, 15) is 0 Å². The summed E-state index contributed by atoms with van der Waals surface area (Å²) in [5.74, 6) is 0. The molecule has 0 fully saturated rings. The Bertz CT molecular complexity index is 353. The second-order valence-corrected chi connectivity index (χ2v) is 2.57. The molecule has 0 aliphatic carbocycles. The van der Waals surface area contributed by atoms with Gasteiger partial charge >= 0.3 is 6.19 Å². The lowest BCUT2D eigenvalue weighted by Gasteiger charge is -2.05. The van der Waals surface area contributed by atoms with E-state index in [2.05, 4.69) is 16.2 Å². The highest BCUT2D eigenvalue weighted by atomic mass is 14.9. The van der Waals surface area contributed by atoms with E-state index in [4.69, 9.17) is 5.26 Å². The van der Waals surface area contributed by atoms with Gasteiger partial charge in [0, 0.05) is 5.69 Å². The zero-order valence-corrected chi connectivity index (χ0v) is 7.36. The number of para-hydroxylation sites is 1. The first-order valence-corrected chi connectivity index (χ1v) is 3.99. The second-order valence-electron chi connectivity index (χ2n) is 2.57. The first-order chi connectivity index (χ1) is 6.33. The number of nitriles is 1. The van der Waals surface area contributed by atoms with Crippen molar-refractivity contribution in [3.63, 3.8) is 0 Å². The number of anilines is 1. The van der Waals surface area contributed by atoms with Gasteiger partial charge in [-0.2, -0.15) is 0 Å². The summed E-state index contributed by atoms with van der Waals surface area (Å²) >= 11 is 0. The molecule has 64 valence electrons. The van der Waals surface area contributed by atoms with Gasteiger partial charge in [0.05, 0.1) is 0 Å². The molecule has 1 N–H and O–H groups in total. The Morgan fingerprint density at radius 1 is 1.38 bits per heavy atom. The van der Waals surface area contributed by atoms with Gasteiger partial charge in [0.1, 0.15) is 6.04 Å². The lowest BCUT2D eigenvalue weighted by Crippen LogP contribution is -2.11. The Balaban J connectivity index is 2.56. The number of hydrogen-bond donors (Lipinski definition) is 1. The first kappa shape index (κ1) is 9.09. The summed E-state index contributed by atoms with van der Waals surface area (Å²) in [6.07, 6.45) is 1.66. The second kappa shape index (κ2) is 4.79. The summed E-state index contributed by atoms with van der Waals surface area (Å²) in [5, 5.41) is 11.3. The number of rotatable bonds is 2. The van der Waals surface area contributed by atoms with Crippen molar-refractivity contribution in [1.29, 1.82) is 5.26 Å². The normalized spacial score (nSPS) is 10.5. The van der Waals surface area contributed by atoms with Crippen LogP contribution >= 0.6 is 0 Å². The van der Waals surface area contributed by atoms with Gasteiger partial charge in [-0.05, 0) is 19.1 Å². The Morgan fingerprint density at radius 2 is 2.08 bits per heavy atom. The number of hydrogen-bond acceptors (Lipinski definition) is 2. The fraction of sp³-hybridized carbons (Fsp3) is 0.200. The topological polar surface area (TPSA) is 40.2 Å². The van der Waals surface area contributed by atoms with E-state index in [0.29, 0.717) is 0 Å². The van der Waals surface area contributed by atoms with Crippen molar-refractivity contribution < 1.29 is 0 Å². The van der Waals surface area contributed by atoms with Gasteiger partial charge in [-0.3, -0.25) is 0 Å². The molecule has 0 saturated heterocycles. The van der Waals surface area contributed by atoms with Crippen molar-refractivity contribution in [1.82, 2.24) is 0 Å². The van der Waals surface area contributed by atoms with E-state index in [1.165, 1.54) is 0 Å². The minimum atomic E-state index is -0.0537. The van der Waals surface area contributed by atoms with Crippen molar-refractivity contribution in [3.05, 3.63) is 35.2 Å². The number of benzene rings is 1. The molecule has 0 bridgehead atoms. The molecular weight excluding hydrogens is 162 g/mol. The predicted octanol–water partition coefficient (Wildman–Crippen LogP) is 2.30. The Kier molecular flexibility index (Phi) is 3.35. The van der Waals surface area contributed by atoms with Crippen LogP contribution in [0.4, 0.5) is 5.69 Å². The molecule has 1 unspecified atom stereocenters. The molecule has 1 aromatic rings. The monoisotopic (exact) mass is 172 g/mol. The highest BCUT2D eigenvalue weighted by Crippen LogP contribution is 2.06. The highest BCUT2D eigenvalue weighted by molar-refractivity contribution is 5.44. The van der Waals surface area contributed by atoms with Crippen LogP contribution in [0.2, 0.25) is 0 Å². The average Bonchev–Trinajstić information content (AvgIpc) is 2.16. The average molecular weight is 172 g/mol. The molecule has 3 heteroatoms. The van der Waals surface area contributed by atoms with Crippen LogP contribution in [0.1, 0.15) is 6.92 Å². The maximum atomic E-state index is 8.17. The lowest BCUT2D eigenvalue weighted by molar-refractivity contribution is 1.03. The van der Waals surface area contributed by atoms with E-state index in [0.717, 1.165) is 5.69 Å². The zero-order valence-electron chi connectivity index (χ0n) is 7.36. The van der Waals surface area contributed by atoms with E-state index < -0.39 is 0 Å². The molecular formula is C10H10N3+. The van der Waals surface area contributed by atoms with Crippen LogP contribution in [0.3, 0.4) is 0 Å². The van der Waals surface area contributed by atoms with Crippen molar-refractivity contribution in [2.45, 2.75) is 13.0 Å². The summed E-state index contributed by atoms with van der Waals surface area (Å²) < 4.78 is 0. The molecule has 3 nitrogen and oxygen atoms in total. The van der Waals surface area contributed by atoms with Gasteiger partial charge in [-0.1, -0.05) is 23.0 Å². The lowest BCUT2D eigenvalue weighted by atomic mass is 10.3. The molecule has 0 aliphatic rings. The van der Waals surface area contributed by atoms with Gasteiger partial charge in [0.2, 0.25) is 0 Å². The van der Waals surface area contributed by atoms with Crippen molar-refractivity contribution in [2.75, 3.05) is 5.32 Å². The van der Waals surface area contributed by atoms with Crippen LogP contribution in [-0.2, 0) is 0 Å². The summed E-state index contributed by atoms with van der Waals surface area (Å²) in [6, 6.07) is 12.3. The van der Waals surface area contributed by atoms with Crippen LogP contribution < -0.4 is 5.32 Å². The molecule has 1 rings (SSSR count). The van der Waals surface area contributed by atoms with E-state index >= 15 is 0 Å². The van der Waals surface area contributed by atoms with Gasteiger partial charge in [-0.15, -0.1) is 0 Å². The minimum Gasteiger partial charge on any atom is -0.368 e. The largest absolute Gasteiger partial charge is 0.578 e. The predicted molar refractivity (Wildman–Crippen MR) is 52.4 cm³/mol. The van der Waals surface area contributed by atoms with Crippen LogP contribution in [0.25, 0.3) is 4.85 Å². The van der Waals surface area contributed by atoms with Crippen LogP contribution in [0.15, 0.2) is 30.3 Å². The summed E-state index contributed by atoms with van der Waals surface area (Å²) in [6.45, 7) is 1.88. The number of nitrogens with zero attached hydrogens (tertiary/aromatic N) is 2. The molecule has 1 aromatic carbocycles. The zero-order chi connectivity index (χ0) is 9.52. The fourth-order valence-corrected chi connectivity index (χ4v) is 0.942. The van der Waals surface area contributed by atoms with Crippen molar-refractivity contribution in [2.24, 2.45) is 0 Å². The van der Waals surface area contributed by atoms with Crippen LogP contribution in [0, 0.1) is 17.5 Å². The quantitative estimate of drug-likeness (QED) is 0.695. The molecule has 0 amide bonds. The van der Waals surface area contributed by atoms with Crippen molar-refractivity contribution in [3.8, 4) is 12.3 Å². The molecule has 0 aromatic heterocycles. The third kappa shape index (κ3) is 3.27. The first-order valence-electron chi connectivity index (χ1n) is 3.99. The number of nitrogens with one attached hydrogen (secondary N) is 1. The minimum absolute atomic E-state index is 0.0537. The maximum Gasteiger partial charge on any atom is 0.578 e. The van der Waals surface area contributed by atoms with Gasteiger partial charge < -0.3 is 5.32 Å². The molecule has 0 radical (unpaired) electrons.